The van der Waals surface area contributed by atoms with Crippen molar-refractivity contribution in [2.75, 3.05) is 20.6 Å². The van der Waals surface area contributed by atoms with Crippen molar-refractivity contribution in [3.8, 4) is 0 Å². The van der Waals surface area contributed by atoms with Gasteiger partial charge in [-0.25, -0.2) is 0 Å². The maximum absolute atomic E-state index is 12.1. The number of carbonyl (C=O) groups excluding carboxylic acids is 1. The third-order valence-corrected chi connectivity index (χ3v) is 3.24. The van der Waals surface area contributed by atoms with Gasteiger partial charge in [-0.05, 0) is 45.5 Å². The fourth-order valence-electron chi connectivity index (χ4n) is 2.37. The number of carbonyl (C=O) groups is 1. The van der Waals surface area contributed by atoms with E-state index >= 15 is 0 Å². The number of rotatable bonds is 9. The summed E-state index contributed by atoms with van der Waals surface area (Å²) in [6, 6.07) is 3.76. The molecule has 0 bridgehead atoms. The SMILES string of the molecule is CC(C)CC(CN(C)C)NC(C)C(=O)NCc1ccco1. The summed E-state index contributed by atoms with van der Waals surface area (Å²) in [4.78, 5) is 14.3. The predicted molar refractivity (Wildman–Crippen MR) is 84.9 cm³/mol. The smallest absolute Gasteiger partial charge is 0.237 e. The zero-order valence-electron chi connectivity index (χ0n) is 13.8. The minimum atomic E-state index is -0.219. The van der Waals surface area contributed by atoms with Gasteiger partial charge >= 0.3 is 0 Å². The first-order valence-electron chi connectivity index (χ1n) is 7.59. The Morgan fingerprint density at radius 3 is 2.57 bits per heavy atom. The number of likely N-dealkylation sites (N-methyl/N-ethyl adjacent to an activating group) is 1. The summed E-state index contributed by atoms with van der Waals surface area (Å²) in [5.74, 6) is 1.36. The third-order valence-electron chi connectivity index (χ3n) is 3.24. The van der Waals surface area contributed by atoms with Crippen LogP contribution in [-0.4, -0.2) is 43.5 Å². The first kappa shape index (κ1) is 17.7. The lowest BCUT2D eigenvalue weighted by Gasteiger charge is -2.27. The number of hydrogen-bond donors (Lipinski definition) is 2. The lowest BCUT2D eigenvalue weighted by molar-refractivity contribution is -0.123. The highest BCUT2D eigenvalue weighted by Gasteiger charge is 2.19. The van der Waals surface area contributed by atoms with Crippen LogP contribution in [0.4, 0.5) is 0 Å². The second-order valence-corrected chi connectivity index (χ2v) is 6.27. The van der Waals surface area contributed by atoms with E-state index in [0.717, 1.165) is 18.7 Å². The average Bonchev–Trinajstić information content (AvgIpc) is 2.87. The van der Waals surface area contributed by atoms with Gasteiger partial charge in [0.1, 0.15) is 5.76 Å². The number of hydrogen-bond acceptors (Lipinski definition) is 4. The van der Waals surface area contributed by atoms with Crippen LogP contribution in [0.2, 0.25) is 0 Å². The molecule has 1 heterocycles. The van der Waals surface area contributed by atoms with Gasteiger partial charge in [0.05, 0.1) is 18.8 Å². The van der Waals surface area contributed by atoms with Gasteiger partial charge in [-0.15, -0.1) is 0 Å². The molecule has 120 valence electrons. The molecule has 1 aromatic heterocycles. The van der Waals surface area contributed by atoms with E-state index < -0.39 is 0 Å². The highest BCUT2D eigenvalue weighted by atomic mass is 16.3. The molecule has 0 aliphatic rings. The molecular weight excluding hydrogens is 266 g/mol. The molecule has 0 saturated heterocycles. The van der Waals surface area contributed by atoms with Crippen molar-refractivity contribution in [1.29, 1.82) is 0 Å². The standard InChI is InChI=1S/C16H29N3O2/c1-12(2)9-14(11-19(4)5)18-13(3)16(20)17-10-15-7-6-8-21-15/h6-8,12-14,18H,9-11H2,1-5H3,(H,17,20). The van der Waals surface area contributed by atoms with Gasteiger partial charge in [0.2, 0.25) is 5.91 Å². The molecule has 5 heteroatoms. The molecule has 0 aliphatic heterocycles. The van der Waals surface area contributed by atoms with Crippen LogP contribution in [0.1, 0.15) is 33.0 Å². The summed E-state index contributed by atoms with van der Waals surface area (Å²) < 4.78 is 5.21. The summed E-state index contributed by atoms with van der Waals surface area (Å²) in [6.07, 6.45) is 2.66. The molecule has 5 nitrogen and oxygen atoms in total. The predicted octanol–water partition coefficient (Wildman–Crippen LogP) is 1.85. The Morgan fingerprint density at radius 1 is 1.33 bits per heavy atom. The van der Waals surface area contributed by atoms with Gasteiger partial charge in [0, 0.05) is 12.6 Å². The largest absolute Gasteiger partial charge is 0.467 e. The molecule has 0 spiro atoms. The van der Waals surface area contributed by atoms with Gasteiger partial charge in [-0.2, -0.15) is 0 Å². The van der Waals surface area contributed by atoms with Crippen LogP contribution in [-0.2, 0) is 11.3 Å². The highest BCUT2D eigenvalue weighted by molar-refractivity contribution is 5.81. The van der Waals surface area contributed by atoms with E-state index in [4.69, 9.17) is 4.42 Å². The first-order chi connectivity index (χ1) is 9.88. The van der Waals surface area contributed by atoms with Crippen molar-refractivity contribution < 1.29 is 9.21 Å². The number of furan rings is 1. The van der Waals surface area contributed by atoms with E-state index in [1.54, 1.807) is 6.26 Å². The minimum Gasteiger partial charge on any atom is -0.467 e. The lowest BCUT2D eigenvalue weighted by Crippen LogP contribution is -2.49. The van der Waals surface area contributed by atoms with E-state index in [-0.39, 0.29) is 11.9 Å². The summed E-state index contributed by atoms with van der Waals surface area (Å²) in [5.41, 5.74) is 0. The Hall–Kier alpha value is -1.33. The van der Waals surface area contributed by atoms with Crippen LogP contribution in [0.15, 0.2) is 22.8 Å². The van der Waals surface area contributed by atoms with E-state index in [1.165, 1.54) is 0 Å². The molecule has 2 N–H and O–H groups in total. The molecule has 0 aromatic carbocycles. The number of nitrogens with zero attached hydrogens (tertiary/aromatic N) is 1. The maximum Gasteiger partial charge on any atom is 0.237 e. The molecule has 2 atom stereocenters. The average molecular weight is 295 g/mol. The molecule has 1 rings (SSSR count). The highest BCUT2D eigenvalue weighted by Crippen LogP contribution is 2.07. The zero-order chi connectivity index (χ0) is 15.8. The molecule has 2 unspecified atom stereocenters. The topological polar surface area (TPSA) is 57.5 Å². The number of nitrogens with one attached hydrogen (secondary N) is 2. The quantitative estimate of drug-likeness (QED) is 0.730. The van der Waals surface area contributed by atoms with Crippen molar-refractivity contribution in [3.63, 3.8) is 0 Å². The molecular formula is C16H29N3O2. The van der Waals surface area contributed by atoms with E-state index in [0.29, 0.717) is 18.5 Å². The summed E-state index contributed by atoms with van der Waals surface area (Å²) in [5, 5.41) is 6.31. The third kappa shape index (κ3) is 7.29. The monoisotopic (exact) mass is 295 g/mol. The van der Waals surface area contributed by atoms with Crippen molar-refractivity contribution in [3.05, 3.63) is 24.2 Å². The van der Waals surface area contributed by atoms with Crippen LogP contribution in [0.25, 0.3) is 0 Å². The second-order valence-electron chi connectivity index (χ2n) is 6.27. The van der Waals surface area contributed by atoms with E-state index in [2.05, 4.69) is 43.5 Å². The van der Waals surface area contributed by atoms with Crippen molar-refractivity contribution in [1.82, 2.24) is 15.5 Å². The van der Waals surface area contributed by atoms with Gasteiger partial charge in [0.15, 0.2) is 0 Å². The summed E-state index contributed by atoms with van der Waals surface area (Å²) >= 11 is 0. The fourth-order valence-corrected chi connectivity index (χ4v) is 2.37. The van der Waals surface area contributed by atoms with Gasteiger partial charge in [0.25, 0.3) is 0 Å². The van der Waals surface area contributed by atoms with E-state index in [1.807, 2.05) is 19.1 Å². The lowest BCUT2D eigenvalue weighted by atomic mass is 10.0. The summed E-state index contributed by atoms with van der Waals surface area (Å²) in [6.45, 7) is 7.66. The minimum absolute atomic E-state index is 0.00101. The maximum atomic E-state index is 12.1. The normalized spacial score (nSPS) is 14.4. The zero-order valence-corrected chi connectivity index (χ0v) is 13.8. The van der Waals surface area contributed by atoms with Gasteiger partial charge in [-0.3, -0.25) is 4.79 Å². The first-order valence-corrected chi connectivity index (χ1v) is 7.59. The molecule has 0 fully saturated rings. The Labute approximate surface area is 128 Å². The van der Waals surface area contributed by atoms with Crippen molar-refractivity contribution >= 4 is 5.91 Å². The van der Waals surface area contributed by atoms with Crippen molar-refractivity contribution in [2.45, 2.75) is 45.8 Å². The van der Waals surface area contributed by atoms with Crippen LogP contribution in [0, 0.1) is 5.92 Å². The Morgan fingerprint density at radius 2 is 2.05 bits per heavy atom. The molecule has 0 radical (unpaired) electrons. The molecule has 21 heavy (non-hydrogen) atoms. The molecule has 0 saturated carbocycles. The van der Waals surface area contributed by atoms with Crippen LogP contribution < -0.4 is 10.6 Å². The molecule has 0 aliphatic carbocycles. The van der Waals surface area contributed by atoms with E-state index in [9.17, 15) is 4.79 Å². The number of amides is 1. The second kappa shape index (κ2) is 8.85. The van der Waals surface area contributed by atoms with Crippen LogP contribution in [0.5, 0.6) is 0 Å². The molecule has 1 aromatic rings. The Balaban J connectivity index is 2.43. The summed E-state index contributed by atoms with van der Waals surface area (Å²) in [7, 11) is 4.10. The Bertz CT molecular complexity index is 392. The van der Waals surface area contributed by atoms with Crippen LogP contribution in [0.3, 0.4) is 0 Å². The fraction of sp³-hybridized carbons (Fsp3) is 0.688. The van der Waals surface area contributed by atoms with Crippen LogP contribution >= 0.6 is 0 Å². The van der Waals surface area contributed by atoms with Crippen molar-refractivity contribution in [2.24, 2.45) is 5.92 Å². The van der Waals surface area contributed by atoms with Gasteiger partial charge in [-0.1, -0.05) is 13.8 Å². The molecule has 1 amide bonds. The van der Waals surface area contributed by atoms with Gasteiger partial charge < -0.3 is 20.0 Å². The Kier molecular flexibility index (Phi) is 7.47.